The van der Waals surface area contributed by atoms with Gasteiger partial charge >= 0.3 is 0 Å². The van der Waals surface area contributed by atoms with E-state index < -0.39 is 11.8 Å². The minimum Gasteiger partial charge on any atom is -0.349 e. The number of piperazine rings is 1. The smallest absolute Gasteiger partial charge is 0.245 e. The molecule has 1 N–H and O–H groups in total. The second-order valence-electron chi connectivity index (χ2n) is 12.2. The monoisotopic (exact) mass is 480 g/mol. The molecule has 0 bridgehead atoms. The SMILES string of the molecule is CC(C)C[C@@H]1NCCN([C@@H](CC(C)C)C(=O)N2CCC3(CC2)OCC(C)(CN(C)C)CO3)C1=O. The van der Waals surface area contributed by atoms with Gasteiger partial charge in [-0.15, -0.1) is 0 Å². The number of hydrogen-bond donors (Lipinski definition) is 1. The number of nitrogens with zero attached hydrogens (tertiary/aromatic N) is 3. The molecule has 0 aromatic heterocycles. The first-order chi connectivity index (χ1) is 15.9. The fourth-order valence-corrected chi connectivity index (χ4v) is 5.65. The third kappa shape index (κ3) is 6.71. The summed E-state index contributed by atoms with van der Waals surface area (Å²) in [4.78, 5) is 33.0. The molecule has 2 atom stereocenters. The summed E-state index contributed by atoms with van der Waals surface area (Å²) < 4.78 is 12.6. The molecular formula is C26H48N4O4. The van der Waals surface area contributed by atoms with Gasteiger partial charge in [-0.1, -0.05) is 34.6 Å². The molecule has 0 aromatic rings. The van der Waals surface area contributed by atoms with E-state index in [-0.39, 0.29) is 23.3 Å². The van der Waals surface area contributed by atoms with Gasteiger partial charge in [0.15, 0.2) is 5.79 Å². The van der Waals surface area contributed by atoms with Crippen molar-refractivity contribution in [3.05, 3.63) is 0 Å². The van der Waals surface area contributed by atoms with Gasteiger partial charge in [0.25, 0.3) is 0 Å². The molecule has 0 saturated carbocycles. The highest BCUT2D eigenvalue weighted by molar-refractivity contribution is 5.90. The molecule has 2 amide bonds. The third-order valence-corrected chi connectivity index (χ3v) is 7.29. The van der Waals surface area contributed by atoms with Crippen LogP contribution in [0.15, 0.2) is 0 Å². The molecule has 3 aliphatic heterocycles. The van der Waals surface area contributed by atoms with Gasteiger partial charge in [-0.05, 0) is 38.8 Å². The predicted molar refractivity (Wildman–Crippen MR) is 133 cm³/mol. The first-order valence-electron chi connectivity index (χ1n) is 13.2. The topological polar surface area (TPSA) is 74.3 Å². The highest BCUT2D eigenvalue weighted by Crippen LogP contribution is 2.37. The summed E-state index contributed by atoms with van der Waals surface area (Å²) in [5, 5.41) is 3.36. The first-order valence-corrected chi connectivity index (χ1v) is 13.2. The average molecular weight is 481 g/mol. The molecule has 3 saturated heterocycles. The fourth-order valence-electron chi connectivity index (χ4n) is 5.65. The van der Waals surface area contributed by atoms with Crippen LogP contribution in [-0.4, -0.2) is 104 Å². The Morgan fingerprint density at radius 2 is 1.71 bits per heavy atom. The van der Waals surface area contributed by atoms with E-state index in [9.17, 15) is 9.59 Å². The molecule has 8 nitrogen and oxygen atoms in total. The van der Waals surface area contributed by atoms with Crippen molar-refractivity contribution in [3.8, 4) is 0 Å². The quantitative estimate of drug-likeness (QED) is 0.574. The zero-order valence-electron chi connectivity index (χ0n) is 22.6. The number of hydrogen-bond acceptors (Lipinski definition) is 6. The number of ether oxygens (including phenoxy) is 2. The van der Waals surface area contributed by atoms with Crippen LogP contribution in [0.1, 0.15) is 60.3 Å². The standard InChI is InChI=1S/C26H48N4O4/c1-19(2)14-21-23(31)30(13-10-27-21)22(15-20(3)4)24(32)29-11-8-26(9-12-29)33-17-25(5,18-34-26)16-28(6)7/h19-22,27H,8-18H2,1-7H3/t21-,22-/m0/s1. The molecule has 196 valence electrons. The van der Waals surface area contributed by atoms with Crippen LogP contribution in [0.25, 0.3) is 0 Å². The van der Waals surface area contributed by atoms with Crippen LogP contribution < -0.4 is 5.32 Å². The van der Waals surface area contributed by atoms with E-state index in [4.69, 9.17) is 9.47 Å². The zero-order valence-corrected chi connectivity index (χ0v) is 22.6. The van der Waals surface area contributed by atoms with Gasteiger partial charge in [0.1, 0.15) is 6.04 Å². The molecule has 3 heterocycles. The van der Waals surface area contributed by atoms with Gasteiger partial charge in [0, 0.05) is 51.0 Å². The number of rotatable bonds is 8. The normalized spacial score (nSPS) is 26.1. The second kappa shape index (κ2) is 11.2. The summed E-state index contributed by atoms with van der Waals surface area (Å²) in [5.41, 5.74) is -0.0146. The van der Waals surface area contributed by atoms with Crippen LogP contribution in [0.2, 0.25) is 0 Å². The molecular weight excluding hydrogens is 432 g/mol. The van der Waals surface area contributed by atoms with Crippen LogP contribution in [0, 0.1) is 17.3 Å². The highest BCUT2D eigenvalue weighted by Gasteiger charge is 2.46. The van der Waals surface area contributed by atoms with Crippen molar-refractivity contribution in [2.24, 2.45) is 17.3 Å². The van der Waals surface area contributed by atoms with Crippen molar-refractivity contribution >= 4 is 11.8 Å². The molecule has 34 heavy (non-hydrogen) atoms. The van der Waals surface area contributed by atoms with Crippen LogP contribution in [0.3, 0.4) is 0 Å². The van der Waals surface area contributed by atoms with Crippen molar-refractivity contribution < 1.29 is 19.1 Å². The molecule has 3 aliphatic rings. The van der Waals surface area contributed by atoms with E-state index in [1.54, 1.807) is 0 Å². The maximum atomic E-state index is 13.7. The molecule has 0 radical (unpaired) electrons. The van der Waals surface area contributed by atoms with Crippen molar-refractivity contribution in [1.82, 2.24) is 20.0 Å². The molecule has 0 aliphatic carbocycles. The van der Waals surface area contributed by atoms with Gasteiger partial charge in [-0.25, -0.2) is 0 Å². The summed E-state index contributed by atoms with van der Waals surface area (Å²) in [6.45, 7) is 15.5. The van der Waals surface area contributed by atoms with Crippen molar-refractivity contribution in [3.63, 3.8) is 0 Å². The second-order valence-corrected chi connectivity index (χ2v) is 12.2. The van der Waals surface area contributed by atoms with Crippen LogP contribution in [0.4, 0.5) is 0 Å². The fraction of sp³-hybridized carbons (Fsp3) is 0.923. The lowest BCUT2D eigenvalue weighted by atomic mass is 9.89. The summed E-state index contributed by atoms with van der Waals surface area (Å²) in [5.74, 6) is 0.329. The summed E-state index contributed by atoms with van der Waals surface area (Å²) in [6, 6.07) is -0.587. The molecule has 1 spiro atoms. The molecule has 3 fully saturated rings. The number of carbonyl (C=O) groups excluding carboxylic acids is 2. The molecule has 8 heteroatoms. The maximum absolute atomic E-state index is 13.7. The molecule has 0 unspecified atom stereocenters. The average Bonchev–Trinajstić information content (AvgIpc) is 2.75. The van der Waals surface area contributed by atoms with Crippen molar-refractivity contribution in [2.45, 2.75) is 78.2 Å². The lowest BCUT2D eigenvalue weighted by Crippen LogP contribution is -2.63. The Hall–Kier alpha value is -1.22. The maximum Gasteiger partial charge on any atom is 0.245 e. The van der Waals surface area contributed by atoms with Gasteiger partial charge in [-0.2, -0.15) is 0 Å². The number of carbonyl (C=O) groups is 2. The van der Waals surface area contributed by atoms with E-state index in [1.165, 1.54) is 0 Å². The van der Waals surface area contributed by atoms with E-state index in [0.29, 0.717) is 63.9 Å². The van der Waals surface area contributed by atoms with E-state index >= 15 is 0 Å². The summed E-state index contributed by atoms with van der Waals surface area (Å²) >= 11 is 0. The Balaban J connectivity index is 1.63. The van der Waals surface area contributed by atoms with Gasteiger partial charge in [-0.3, -0.25) is 9.59 Å². The van der Waals surface area contributed by atoms with E-state index in [2.05, 4.69) is 58.9 Å². The van der Waals surface area contributed by atoms with Crippen LogP contribution in [0.5, 0.6) is 0 Å². The van der Waals surface area contributed by atoms with Crippen LogP contribution >= 0.6 is 0 Å². The lowest BCUT2D eigenvalue weighted by molar-refractivity contribution is -0.315. The predicted octanol–water partition coefficient (Wildman–Crippen LogP) is 2.18. The van der Waals surface area contributed by atoms with Crippen molar-refractivity contribution in [1.29, 1.82) is 0 Å². The minimum atomic E-state index is -0.580. The summed E-state index contributed by atoms with van der Waals surface area (Å²) in [6.07, 6.45) is 2.84. The van der Waals surface area contributed by atoms with Crippen LogP contribution in [-0.2, 0) is 19.1 Å². The minimum absolute atomic E-state index is 0.0146. The molecule has 0 aromatic carbocycles. The molecule has 3 rings (SSSR count). The Labute approximate surface area is 206 Å². The number of likely N-dealkylation sites (tertiary alicyclic amines) is 1. The number of nitrogens with one attached hydrogen (secondary N) is 1. The highest BCUT2D eigenvalue weighted by atomic mass is 16.7. The van der Waals surface area contributed by atoms with E-state index in [0.717, 1.165) is 19.5 Å². The summed E-state index contributed by atoms with van der Waals surface area (Å²) in [7, 11) is 4.14. The first kappa shape index (κ1) is 27.4. The van der Waals surface area contributed by atoms with Crippen molar-refractivity contribution in [2.75, 3.05) is 60.0 Å². The Bertz CT molecular complexity index is 693. The zero-order chi connectivity index (χ0) is 25.1. The Morgan fingerprint density at radius 3 is 2.24 bits per heavy atom. The Morgan fingerprint density at radius 1 is 1.09 bits per heavy atom. The number of amides is 2. The van der Waals surface area contributed by atoms with Gasteiger partial charge < -0.3 is 29.5 Å². The van der Waals surface area contributed by atoms with E-state index in [1.807, 2.05) is 9.80 Å². The number of piperidine rings is 1. The third-order valence-electron chi connectivity index (χ3n) is 7.29. The largest absolute Gasteiger partial charge is 0.349 e. The van der Waals surface area contributed by atoms with Gasteiger partial charge in [0.05, 0.1) is 19.3 Å². The Kier molecular flexibility index (Phi) is 9.04. The van der Waals surface area contributed by atoms with Gasteiger partial charge in [0.2, 0.25) is 11.8 Å². The lowest BCUT2D eigenvalue weighted by Gasteiger charge is -2.49.